The molecule has 2 aliphatic rings. The van der Waals surface area contributed by atoms with Crippen LogP contribution in [0.15, 0.2) is 28.9 Å². The Morgan fingerprint density at radius 3 is 2.96 bits per heavy atom. The molecule has 6 nitrogen and oxygen atoms in total. The summed E-state index contributed by atoms with van der Waals surface area (Å²) in [6.45, 7) is 2.43. The number of rotatable bonds is 4. The van der Waals surface area contributed by atoms with Gasteiger partial charge in [-0.25, -0.2) is 0 Å². The van der Waals surface area contributed by atoms with Gasteiger partial charge in [0.15, 0.2) is 0 Å². The van der Waals surface area contributed by atoms with Crippen LogP contribution in [0.2, 0.25) is 0 Å². The molecule has 1 aliphatic carbocycles. The van der Waals surface area contributed by atoms with Crippen molar-refractivity contribution in [2.45, 2.75) is 38.3 Å². The minimum Gasteiger partial charge on any atom is -0.493 e. The molecule has 1 saturated carbocycles. The largest absolute Gasteiger partial charge is 0.493 e. The average Bonchev–Trinajstić information content (AvgIpc) is 3.17. The van der Waals surface area contributed by atoms with Crippen LogP contribution in [0.25, 0.3) is 0 Å². The Labute approximate surface area is 139 Å². The molecule has 4 rings (SSSR count). The molecule has 2 aromatic rings. The van der Waals surface area contributed by atoms with Gasteiger partial charge in [0.1, 0.15) is 17.1 Å². The molecular formula is C18H20N2O4. The van der Waals surface area contributed by atoms with E-state index in [2.05, 4.69) is 16.5 Å². The molecule has 1 aromatic heterocycles. The second-order valence-corrected chi connectivity index (χ2v) is 6.60. The first-order valence-corrected chi connectivity index (χ1v) is 8.27. The summed E-state index contributed by atoms with van der Waals surface area (Å²) >= 11 is 0. The summed E-state index contributed by atoms with van der Waals surface area (Å²) in [6, 6.07) is 5.94. The van der Waals surface area contributed by atoms with E-state index in [1.165, 1.54) is 11.8 Å². The number of benzene rings is 1. The van der Waals surface area contributed by atoms with Gasteiger partial charge in [0, 0.05) is 6.42 Å². The van der Waals surface area contributed by atoms with Crippen molar-refractivity contribution in [2.75, 3.05) is 6.61 Å². The lowest BCUT2D eigenvalue weighted by Crippen LogP contribution is -2.41. The highest BCUT2D eigenvalue weighted by Gasteiger charge is 2.36. The van der Waals surface area contributed by atoms with E-state index in [0.717, 1.165) is 17.7 Å². The lowest BCUT2D eigenvalue weighted by atomic mass is 9.74. The van der Waals surface area contributed by atoms with Crippen LogP contribution in [0.3, 0.4) is 0 Å². The van der Waals surface area contributed by atoms with Crippen LogP contribution in [0.4, 0.5) is 0 Å². The molecule has 2 N–H and O–H groups in total. The normalized spacial score (nSPS) is 23.1. The van der Waals surface area contributed by atoms with Gasteiger partial charge in [-0.05, 0) is 48.9 Å². The van der Waals surface area contributed by atoms with E-state index in [-0.39, 0.29) is 24.0 Å². The van der Waals surface area contributed by atoms with Crippen LogP contribution in [-0.2, 0) is 6.42 Å². The number of amides is 1. The summed E-state index contributed by atoms with van der Waals surface area (Å²) in [6.07, 6.45) is 3.45. The molecule has 126 valence electrons. The Balaban J connectivity index is 1.60. The summed E-state index contributed by atoms with van der Waals surface area (Å²) in [5.41, 5.74) is 2.68. The van der Waals surface area contributed by atoms with E-state index >= 15 is 0 Å². The zero-order valence-corrected chi connectivity index (χ0v) is 13.5. The number of aryl methyl sites for hydroxylation is 1. The molecule has 0 saturated heterocycles. The molecule has 0 radical (unpaired) electrons. The van der Waals surface area contributed by atoms with Crippen molar-refractivity contribution in [1.29, 1.82) is 0 Å². The van der Waals surface area contributed by atoms with Crippen molar-refractivity contribution >= 4 is 5.91 Å². The minimum atomic E-state index is -0.274. The molecule has 1 fully saturated rings. The smallest absolute Gasteiger partial charge is 0.257 e. The van der Waals surface area contributed by atoms with Gasteiger partial charge in [0.2, 0.25) is 0 Å². The summed E-state index contributed by atoms with van der Waals surface area (Å²) in [7, 11) is 0. The number of nitrogens with one attached hydrogen (secondary N) is 1. The fourth-order valence-corrected chi connectivity index (χ4v) is 3.51. The van der Waals surface area contributed by atoms with E-state index in [9.17, 15) is 9.90 Å². The number of hydrogen-bond donors (Lipinski definition) is 2. The Morgan fingerprint density at radius 1 is 1.42 bits per heavy atom. The molecular weight excluding hydrogens is 308 g/mol. The maximum atomic E-state index is 12.6. The predicted molar refractivity (Wildman–Crippen MR) is 85.8 cm³/mol. The maximum Gasteiger partial charge on any atom is 0.257 e. The standard InChI is InChI=1S/C18H20N2O4/c1-10-15(9-19-24-10)18(22)20-17(13-7-14(21)8-13)12-2-3-16-11(6-12)4-5-23-16/h2-3,6,9,13-14,17,21H,4-5,7-8H2,1H3,(H,20,22). The Hall–Kier alpha value is -2.34. The molecule has 1 unspecified atom stereocenters. The number of carbonyl (C=O) groups excluding carboxylic acids is 1. The highest BCUT2D eigenvalue weighted by atomic mass is 16.5. The number of carbonyl (C=O) groups is 1. The molecule has 1 atom stereocenters. The molecule has 1 amide bonds. The number of aliphatic hydroxyl groups excluding tert-OH is 1. The van der Waals surface area contributed by atoms with Gasteiger partial charge in [-0.1, -0.05) is 11.2 Å². The van der Waals surface area contributed by atoms with Gasteiger partial charge in [0.05, 0.1) is 24.9 Å². The van der Waals surface area contributed by atoms with Crippen molar-refractivity contribution < 1.29 is 19.2 Å². The number of fused-ring (bicyclic) bond motifs is 1. The Kier molecular flexibility index (Phi) is 3.76. The Bertz CT molecular complexity index is 764. The van der Waals surface area contributed by atoms with Crippen molar-refractivity contribution in [3.8, 4) is 5.75 Å². The zero-order chi connectivity index (χ0) is 16.7. The highest BCUT2D eigenvalue weighted by Crippen LogP contribution is 2.40. The van der Waals surface area contributed by atoms with Crippen LogP contribution in [0.1, 0.15) is 46.1 Å². The number of nitrogens with zero attached hydrogens (tertiary/aromatic N) is 1. The number of aliphatic hydroxyl groups is 1. The molecule has 0 spiro atoms. The zero-order valence-electron chi connectivity index (χ0n) is 13.5. The lowest BCUT2D eigenvalue weighted by molar-refractivity contribution is 0.0235. The first kappa shape index (κ1) is 15.2. The van der Waals surface area contributed by atoms with Gasteiger partial charge in [0.25, 0.3) is 5.91 Å². The molecule has 24 heavy (non-hydrogen) atoms. The number of hydrogen-bond acceptors (Lipinski definition) is 5. The van der Waals surface area contributed by atoms with E-state index in [1.54, 1.807) is 6.92 Å². The summed E-state index contributed by atoms with van der Waals surface area (Å²) < 4.78 is 10.5. The molecule has 1 aliphatic heterocycles. The molecule has 1 aromatic carbocycles. The van der Waals surface area contributed by atoms with E-state index in [0.29, 0.717) is 30.8 Å². The van der Waals surface area contributed by atoms with Crippen LogP contribution in [-0.4, -0.2) is 28.9 Å². The second-order valence-electron chi connectivity index (χ2n) is 6.60. The van der Waals surface area contributed by atoms with Crippen LogP contribution >= 0.6 is 0 Å². The Morgan fingerprint density at radius 2 is 2.25 bits per heavy atom. The van der Waals surface area contributed by atoms with Crippen molar-refractivity contribution in [2.24, 2.45) is 5.92 Å². The van der Waals surface area contributed by atoms with E-state index in [4.69, 9.17) is 9.26 Å². The quantitative estimate of drug-likeness (QED) is 0.898. The number of ether oxygens (including phenoxy) is 1. The average molecular weight is 328 g/mol. The molecule has 2 heterocycles. The summed E-state index contributed by atoms with van der Waals surface area (Å²) in [5.74, 6) is 1.45. The van der Waals surface area contributed by atoms with Crippen LogP contribution in [0, 0.1) is 12.8 Å². The van der Waals surface area contributed by atoms with Crippen molar-refractivity contribution in [1.82, 2.24) is 10.5 Å². The van der Waals surface area contributed by atoms with Gasteiger partial charge < -0.3 is 19.7 Å². The minimum absolute atomic E-state index is 0.138. The second kappa shape index (κ2) is 5.94. The molecule has 0 bridgehead atoms. The lowest BCUT2D eigenvalue weighted by Gasteiger charge is -2.38. The topological polar surface area (TPSA) is 84.6 Å². The van der Waals surface area contributed by atoms with E-state index in [1.807, 2.05) is 12.1 Å². The summed E-state index contributed by atoms with van der Waals surface area (Å²) in [5, 5.41) is 16.4. The fourth-order valence-electron chi connectivity index (χ4n) is 3.51. The third-order valence-corrected chi connectivity index (χ3v) is 4.98. The highest BCUT2D eigenvalue weighted by molar-refractivity contribution is 5.95. The first-order valence-electron chi connectivity index (χ1n) is 8.27. The van der Waals surface area contributed by atoms with Crippen LogP contribution in [0.5, 0.6) is 5.75 Å². The first-order chi connectivity index (χ1) is 11.6. The van der Waals surface area contributed by atoms with E-state index < -0.39 is 0 Å². The molecule has 6 heteroatoms. The fraction of sp³-hybridized carbons (Fsp3) is 0.444. The van der Waals surface area contributed by atoms with Gasteiger partial charge in [-0.3, -0.25) is 4.79 Å². The third-order valence-electron chi connectivity index (χ3n) is 4.98. The van der Waals surface area contributed by atoms with Crippen molar-refractivity contribution in [3.05, 3.63) is 46.8 Å². The van der Waals surface area contributed by atoms with Gasteiger partial charge in [-0.2, -0.15) is 0 Å². The van der Waals surface area contributed by atoms with Crippen LogP contribution < -0.4 is 10.1 Å². The van der Waals surface area contributed by atoms with Crippen molar-refractivity contribution in [3.63, 3.8) is 0 Å². The summed E-state index contributed by atoms with van der Waals surface area (Å²) in [4.78, 5) is 12.6. The monoisotopic (exact) mass is 328 g/mol. The SMILES string of the molecule is Cc1oncc1C(=O)NC(c1ccc2c(c1)CCO2)C1CC(O)C1. The third kappa shape index (κ3) is 2.67. The van der Waals surface area contributed by atoms with Gasteiger partial charge in [-0.15, -0.1) is 0 Å². The number of aromatic nitrogens is 1. The predicted octanol–water partition coefficient (Wildman–Crippen LogP) is 2.16. The van der Waals surface area contributed by atoms with Gasteiger partial charge >= 0.3 is 0 Å². The maximum absolute atomic E-state index is 12.6.